The van der Waals surface area contributed by atoms with Crippen LogP contribution in [0.25, 0.3) is 0 Å². The summed E-state index contributed by atoms with van der Waals surface area (Å²) in [4.78, 5) is 0. The Hall–Kier alpha value is -1.02. The quantitative estimate of drug-likeness (QED) is 0.742. The zero-order chi connectivity index (χ0) is 13.3. The van der Waals surface area contributed by atoms with Gasteiger partial charge >= 0.3 is 0 Å². The fourth-order valence-electron chi connectivity index (χ4n) is 2.93. The van der Waals surface area contributed by atoms with E-state index in [2.05, 4.69) is 39.8 Å². The number of benzene rings is 1. The molecular formula is C16H24O2. The van der Waals surface area contributed by atoms with Gasteiger partial charge in [-0.2, -0.15) is 0 Å². The molecular weight excluding hydrogens is 224 g/mol. The lowest BCUT2D eigenvalue weighted by Crippen LogP contribution is -2.11. The van der Waals surface area contributed by atoms with Crippen LogP contribution in [0.5, 0.6) is 5.75 Å². The third-order valence-corrected chi connectivity index (χ3v) is 3.83. The fraction of sp³-hybridized carbons (Fsp3) is 0.625. The minimum Gasteiger partial charge on any atom is -0.496 e. The Kier molecular flexibility index (Phi) is 3.96. The molecule has 1 aromatic carbocycles. The highest BCUT2D eigenvalue weighted by Gasteiger charge is 2.41. The van der Waals surface area contributed by atoms with Crippen LogP contribution in [0.1, 0.15) is 37.0 Å². The minimum atomic E-state index is 0.445. The van der Waals surface area contributed by atoms with Gasteiger partial charge in [0.1, 0.15) is 5.75 Å². The van der Waals surface area contributed by atoms with Crippen LogP contribution in [0.2, 0.25) is 0 Å². The number of methoxy groups -OCH3 is 1. The van der Waals surface area contributed by atoms with Gasteiger partial charge in [-0.05, 0) is 43.7 Å². The molecule has 1 aromatic rings. The standard InChI is InChI=1S/C16H24O2/c1-6-14-16(18-14)12(4)9-13-8-10(2)7-11(3)15(13)17-5/h7-8,12,14,16H,6,9H2,1-5H3. The normalized spacial score (nSPS) is 23.8. The second-order valence-electron chi connectivity index (χ2n) is 5.50. The van der Waals surface area contributed by atoms with E-state index in [0.29, 0.717) is 18.1 Å². The molecule has 18 heavy (non-hydrogen) atoms. The van der Waals surface area contributed by atoms with Crippen molar-refractivity contribution in [3.63, 3.8) is 0 Å². The van der Waals surface area contributed by atoms with E-state index in [1.54, 1.807) is 7.11 Å². The molecule has 2 nitrogen and oxygen atoms in total. The molecule has 1 heterocycles. The summed E-state index contributed by atoms with van der Waals surface area (Å²) in [7, 11) is 1.76. The lowest BCUT2D eigenvalue weighted by atomic mass is 9.93. The highest BCUT2D eigenvalue weighted by atomic mass is 16.6. The Morgan fingerprint density at radius 3 is 2.61 bits per heavy atom. The first-order valence-electron chi connectivity index (χ1n) is 6.86. The molecule has 0 aliphatic carbocycles. The molecule has 0 aromatic heterocycles. The van der Waals surface area contributed by atoms with Crippen LogP contribution in [-0.4, -0.2) is 19.3 Å². The molecule has 0 bridgehead atoms. The second-order valence-corrected chi connectivity index (χ2v) is 5.50. The smallest absolute Gasteiger partial charge is 0.124 e. The molecule has 1 aliphatic rings. The van der Waals surface area contributed by atoms with Gasteiger partial charge in [0.15, 0.2) is 0 Å². The highest BCUT2D eigenvalue weighted by molar-refractivity contribution is 5.44. The maximum atomic E-state index is 5.69. The highest BCUT2D eigenvalue weighted by Crippen LogP contribution is 2.36. The van der Waals surface area contributed by atoms with Crippen molar-refractivity contribution in [1.82, 2.24) is 0 Å². The molecule has 2 heteroatoms. The van der Waals surface area contributed by atoms with Crippen molar-refractivity contribution in [3.8, 4) is 5.75 Å². The zero-order valence-electron chi connectivity index (χ0n) is 12.1. The average molecular weight is 248 g/mol. The number of epoxide rings is 1. The summed E-state index contributed by atoms with van der Waals surface area (Å²) in [5, 5.41) is 0. The van der Waals surface area contributed by atoms with Gasteiger partial charge in [0.2, 0.25) is 0 Å². The van der Waals surface area contributed by atoms with Crippen LogP contribution in [0.15, 0.2) is 12.1 Å². The minimum absolute atomic E-state index is 0.445. The lowest BCUT2D eigenvalue weighted by molar-refractivity contribution is 0.320. The summed E-state index contributed by atoms with van der Waals surface area (Å²) in [5.74, 6) is 1.60. The molecule has 0 spiro atoms. The van der Waals surface area contributed by atoms with E-state index in [1.807, 2.05) is 0 Å². The molecule has 2 rings (SSSR count). The number of ether oxygens (including phenoxy) is 2. The third-order valence-electron chi connectivity index (χ3n) is 3.83. The van der Waals surface area contributed by atoms with Crippen molar-refractivity contribution < 1.29 is 9.47 Å². The van der Waals surface area contributed by atoms with Crippen LogP contribution in [-0.2, 0) is 11.2 Å². The van der Waals surface area contributed by atoms with Gasteiger partial charge in [-0.25, -0.2) is 0 Å². The second kappa shape index (κ2) is 5.31. The van der Waals surface area contributed by atoms with E-state index in [-0.39, 0.29) is 0 Å². The maximum absolute atomic E-state index is 5.69. The average Bonchev–Trinajstić information content (AvgIpc) is 3.07. The third kappa shape index (κ3) is 2.69. The first kappa shape index (κ1) is 13.4. The van der Waals surface area contributed by atoms with Crippen LogP contribution in [0.3, 0.4) is 0 Å². The van der Waals surface area contributed by atoms with E-state index in [1.165, 1.54) is 16.7 Å². The number of rotatable bonds is 5. The van der Waals surface area contributed by atoms with Crippen LogP contribution >= 0.6 is 0 Å². The maximum Gasteiger partial charge on any atom is 0.124 e. The molecule has 3 atom stereocenters. The van der Waals surface area contributed by atoms with Crippen molar-refractivity contribution >= 4 is 0 Å². The Bertz CT molecular complexity index is 425. The summed E-state index contributed by atoms with van der Waals surface area (Å²) in [6.45, 7) is 8.72. The van der Waals surface area contributed by atoms with E-state index in [0.717, 1.165) is 18.6 Å². The van der Waals surface area contributed by atoms with Gasteiger partial charge in [-0.3, -0.25) is 0 Å². The van der Waals surface area contributed by atoms with Crippen molar-refractivity contribution in [1.29, 1.82) is 0 Å². The number of hydrogen-bond donors (Lipinski definition) is 0. The summed E-state index contributed by atoms with van der Waals surface area (Å²) >= 11 is 0. The molecule has 3 unspecified atom stereocenters. The van der Waals surface area contributed by atoms with Gasteiger partial charge < -0.3 is 9.47 Å². The van der Waals surface area contributed by atoms with Gasteiger partial charge in [-0.1, -0.05) is 31.5 Å². The SMILES string of the molecule is CCC1OC1C(C)Cc1cc(C)cc(C)c1OC. The number of hydrogen-bond acceptors (Lipinski definition) is 2. The largest absolute Gasteiger partial charge is 0.496 e. The Morgan fingerprint density at radius 2 is 2.06 bits per heavy atom. The summed E-state index contributed by atoms with van der Waals surface area (Å²) in [6, 6.07) is 4.42. The van der Waals surface area contributed by atoms with Crippen molar-refractivity contribution in [2.24, 2.45) is 5.92 Å². The van der Waals surface area contributed by atoms with E-state index < -0.39 is 0 Å². The molecule has 0 radical (unpaired) electrons. The fourth-order valence-corrected chi connectivity index (χ4v) is 2.93. The molecule has 1 saturated heterocycles. The summed E-state index contributed by atoms with van der Waals surface area (Å²) < 4.78 is 11.2. The van der Waals surface area contributed by atoms with Crippen LogP contribution < -0.4 is 4.74 Å². The Balaban J connectivity index is 2.13. The van der Waals surface area contributed by atoms with Crippen molar-refractivity contribution in [2.75, 3.05) is 7.11 Å². The molecule has 1 aliphatic heterocycles. The van der Waals surface area contributed by atoms with E-state index >= 15 is 0 Å². The van der Waals surface area contributed by atoms with Gasteiger partial charge in [0.25, 0.3) is 0 Å². The van der Waals surface area contributed by atoms with Crippen LogP contribution in [0, 0.1) is 19.8 Å². The molecule has 0 N–H and O–H groups in total. The van der Waals surface area contributed by atoms with E-state index in [4.69, 9.17) is 9.47 Å². The zero-order valence-corrected chi connectivity index (χ0v) is 12.1. The van der Waals surface area contributed by atoms with Crippen molar-refractivity contribution in [2.45, 2.75) is 52.7 Å². The first-order valence-corrected chi connectivity index (χ1v) is 6.86. The van der Waals surface area contributed by atoms with E-state index in [9.17, 15) is 0 Å². The van der Waals surface area contributed by atoms with Crippen molar-refractivity contribution in [3.05, 3.63) is 28.8 Å². The Labute approximate surface area is 110 Å². The predicted molar refractivity (Wildman–Crippen MR) is 74.3 cm³/mol. The molecule has 1 fully saturated rings. The molecule has 0 saturated carbocycles. The molecule has 100 valence electrons. The Morgan fingerprint density at radius 1 is 1.33 bits per heavy atom. The van der Waals surface area contributed by atoms with Gasteiger partial charge in [0.05, 0.1) is 19.3 Å². The predicted octanol–water partition coefficient (Wildman–Crippen LogP) is 3.67. The lowest BCUT2D eigenvalue weighted by Gasteiger charge is -2.15. The monoisotopic (exact) mass is 248 g/mol. The van der Waals surface area contributed by atoms with Gasteiger partial charge in [-0.15, -0.1) is 0 Å². The van der Waals surface area contributed by atoms with Gasteiger partial charge in [0, 0.05) is 0 Å². The number of aryl methyl sites for hydroxylation is 2. The van der Waals surface area contributed by atoms with Crippen LogP contribution in [0.4, 0.5) is 0 Å². The molecule has 0 amide bonds. The summed E-state index contributed by atoms with van der Waals surface area (Å²) in [5.41, 5.74) is 3.84. The first-order chi connectivity index (χ1) is 8.56. The topological polar surface area (TPSA) is 21.8 Å². The summed E-state index contributed by atoms with van der Waals surface area (Å²) in [6.07, 6.45) is 3.09.